The van der Waals surface area contributed by atoms with Crippen LogP contribution in [0.2, 0.25) is 5.02 Å². The SMILES string of the molecule is O=C(O)C(Cc1c(F)cccc1Cl)c1ccccn1. The number of rotatable bonds is 4. The Morgan fingerprint density at radius 2 is 2.11 bits per heavy atom. The van der Waals surface area contributed by atoms with Gasteiger partial charge in [-0.15, -0.1) is 0 Å². The lowest BCUT2D eigenvalue weighted by Gasteiger charge is -2.13. The van der Waals surface area contributed by atoms with Crippen LogP contribution < -0.4 is 0 Å². The second-order valence-corrected chi connectivity index (χ2v) is 4.46. The maximum atomic E-state index is 13.7. The molecule has 1 aromatic heterocycles. The smallest absolute Gasteiger partial charge is 0.312 e. The average Bonchev–Trinajstić information content (AvgIpc) is 2.39. The summed E-state index contributed by atoms with van der Waals surface area (Å²) in [5.74, 6) is -2.48. The molecule has 0 aliphatic heterocycles. The van der Waals surface area contributed by atoms with E-state index >= 15 is 0 Å². The van der Waals surface area contributed by atoms with E-state index in [9.17, 15) is 14.3 Å². The first-order valence-electron chi connectivity index (χ1n) is 5.66. The van der Waals surface area contributed by atoms with Gasteiger partial charge in [0.15, 0.2) is 0 Å². The van der Waals surface area contributed by atoms with Gasteiger partial charge in [0.2, 0.25) is 0 Å². The predicted octanol–water partition coefficient (Wildman–Crippen LogP) is 3.29. The highest BCUT2D eigenvalue weighted by Crippen LogP contribution is 2.26. The summed E-state index contributed by atoms with van der Waals surface area (Å²) in [5.41, 5.74) is 0.580. The van der Waals surface area contributed by atoms with Gasteiger partial charge in [0.05, 0.1) is 5.69 Å². The Morgan fingerprint density at radius 3 is 2.68 bits per heavy atom. The zero-order chi connectivity index (χ0) is 13.8. The zero-order valence-corrected chi connectivity index (χ0v) is 10.6. The molecule has 0 radical (unpaired) electrons. The molecule has 0 amide bonds. The van der Waals surface area contributed by atoms with Crippen molar-refractivity contribution in [2.45, 2.75) is 12.3 Å². The molecule has 1 aromatic carbocycles. The van der Waals surface area contributed by atoms with Gasteiger partial charge < -0.3 is 5.11 Å². The summed E-state index contributed by atoms with van der Waals surface area (Å²) >= 11 is 5.91. The molecule has 3 nitrogen and oxygen atoms in total. The van der Waals surface area contributed by atoms with Crippen molar-refractivity contribution in [2.24, 2.45) is 0 Å². The van der Waals surface area contributed by atoms with Gasteiger partial charge in [-0.05, 0) is 30.7 Å². The number of nitrogens with zero attached hydrogens (tertiary/aromatic N) is 1. The van der Waals surface area contributed by atoms with Crippen LogP contribution in [0.3, 0.4) is 0 Å². The lowest BCUT2D eigenvalue weighted by molar-refractivity contribution is -0.138. The first kappa shape index (κ1) is 13.5. The van der Waals surface area contributed by atoms with Crippen molar-refractivity contribution in [3.63, 3.8) is 0 Å². The number of halogens is 2. The minimum absolute atomic E-state index is 0.0299. The van der Waals surface area contributed by atoms with E-state index in [1.165, 1.54) is 24.4 Å². The van der Waals surface area contributed by atoms with Crippen molar-refractivity contribution in [3.8, 4) is 0 Å². The summed E-state index contributed by atoms with van der Waals surface area (Å²) in [5, 5.41) is 9.49. The van der Waals surface area contributed by atoms with Crippen LogP contribution in [0.15, 0.2) is 42.6 Å². The molecule has 19 heavy (non-hydrogen) atoms. The first-order valence-corrected chi connectivity index (χ1v) is 6.04. The Bertz CT molecular complexity index is 569. The highest BCUT2D eigenvalue weighted by atomic mass is 35.5. The number of carboxylic acids is 1. The third kappa shape index (κ3) is 3.09. The van der Waals surface area contributed by atoms with Crippen LogP contribution >= 0.6 is 11.6 Å². The van der Waals surface area contributed by atoms with Gasteiger partial charge >= 0.3 is 5.97 Å². The van der Waals surface area contributed by atoms with E-state index in [1.807, 2.05) is 0 Å². The van der Waals surface area contributed by atoms with Gasteiger partial charge in [-0.1, -0.05) is 23.7 Å². The van der Waals surface area contributed by atoms with E-state index in [4.69, 9.17) is 11.6 Å². The van der Waals surface area contributed by atoms with Crippen LogP contribution in [0, 0.1) is 5.82 Å². The number of carbonyl (C=O) groups is 1. The van der Waals surface area contributed by atoms with Crippen molar-refractivity contribution < 1.29 is 14.3 Å². The predicted molar refractivity (Wildman–Crippen MR) is 69.7 cm³/mol. The summed E-state index contributed by atoms with van der Waals surface area (Å²) in [4.78, 5) is 15.3. The van der Waals surface area contributed by atoms with Crippen molar-refractivity contribution in [2.75, 3.05) is 0 Å². The number of hydrogen-bond acceptors (Lipinski definition) is 2. The monoisotopic (exact) mass is 279 g/mol. The summed E-state index contributed by atoms with van der Waals surface area (Å²) in [7, 11) is 0. The number of hydrogen-bond donors (Lipinski definition) is 1. The Kier molecular flexibility index (Phi) is 4.12. The zero-order valence-electron chi connectivity index (χ0n) is 9.88. The quantitative estimate of drug-likeness (QED) is 0.934. The second kappa shape index (κ2) is 5.80. The molecular weight excluding hydrogens is 269 g/mol. The molecule has 0 aliphatic rings. The Balaban J connectivity index is 2.35. The molecule has 0 saturated carbocycles. The van der Waals surface area contributed by atoms with Gasteiger partial charge in [-0.2, -0.15) is 0 Å². The van der Waals surface area contributed by atoms with Crippen molar-refractivity contribution in [1.29, 1.82) is 0 Å². The van der Waals surface area contributed by atoms with Crippen LogP contribution in [0.5, 0.6) is 0 Å². The average molecular weight is 280 g/mol. The normalized spacial score (nSPS) is 12.1. The highest BCUT2D eigenvalue weighted by Gasteiger charge is 2.24. The third-order valence-electron chi connectivity index (χ3n) is 2.81. The van der Waals surface area contributed by atoms with Crippen LogP contribution in [0.1, 0.15) is 17.2 Å². The lowest BCUT2D eigenvalue weighted by Crippen LogP contribution is -2.16. The van der Waals surface area contributed by atoms with Gasteiger partial charge in [0, 0.05) is 16.8 Å². The number of aliphatic carboxylic acids is 1. The van der Waals surface area contributed by atoms with E-state index in [2.05, 4.69) is 4.98 Å². The van der Waals surface area contributed by atoms with Gasteiger partial charge in [0.25, 0.3) is 0 Å². The number of pyridine rings is 1. The number of benzene rings is 1. The molecule has 2 aromatic rings. The molecule has 1 N–H and O–H groups in total. The minimum Gasteiger partial charge on any atom is -0.481 e. The third-order valence-corrected chi connectivity index (χ3v) is 3.17. The fourth-order valence-corrected chi connectivity index (χ4v) is 2.07. The molecule has 1 heterocycles. The van der Waals surface area contributed by atoms with Crippen LogP contribution in [-0.4, -0.2) is 16.1 Å². The molecule has 0 fully saturated rings. The van der Waals surface area contributed by atoms with E-state index in [0.29, 0.717) is 5.69 Å². The second-order valence-electron chi connectivity index (χ2n) is 4.05. The topological polar surface area (TPSA) is 50.2 Å². The molecule has 1 unspecified atom stereocenters. The van der Waals surface area contributed by atoms with E-state index < -0.39 is 17.7 Å². The van der Waals surface area contributed by atoms with Gasteiger partial charge in [0.1, 0.15) is 11.7 Å². The fourth-order valence-electron chi connectivity index (χ4n) is 1.83. The molecular formula is C14H11ClFNO2. The molecule has 2 rings (SSSR count). The Hall–Kier alpha value is -1.94. The molecule has 5 heteroatoms. The Labute approximate surface area is 114 Å². The Morgan fingerprint density at radius 1 is 1.32 bits per heavy atom. The molecule has 0 aliphatic carbocycles. The maximum Gasteiger partial charge on any atom is 0.312 e. The molecule has 98 valence electrons. The first-order chi connectivity index (χ1) is 9.09. The standard InChI is InChI=1S/C14H11ClFNO2/c15-11-4-3-5-12(16)9(11)8-10(14(18)19)13-6-1-2-7-17-13/h1-7,10H,8H2,(H,18,19). The molecule has 0 bridgehead atoms. The lowest BCUT2D eigenvalue weighted by atomic mass is 9.95. The highest BCUT2D eigenvalue weighted by molar-refractivity contribution is 6.31. The van der Waals surface area contributed by atoms with Crippen molar-refractivity contribution in [3.05, 3.63) is 64.7 Å². The van der Waals surface area contributed by atoms with Gasteiger partial charge in [-0.3, -0.25) is 9.78 Å². The molecule has 0 spiro atoms. The summed E-state index contributed by atoms with van der Waals surface area (Å²) < 4.78 is 13.7. The number of aromatic nitrogens is 1. The largest absolute Gasteiger partial charge is 0.481 e. The van der Waals surface area contributed by atoms with E-state index in [1.54, 1.807) is 18.2 Å². The summed E-state index contributed by atoms with van der Waals surface area (Å²) in [6.45, 7) is 0. The van der Waals surface area contributed by atoms with E-state index in [0.717, 1.165) is 0 Å². The number of carboxylic acid groups (broad SMARTS) is 1. The van der Waals surface area contributed by atoms with Gasteiger partial charge in [-0.25, -0.2) is 4.39 Å². The van der Waals surface area contributed by atoms with Crippen molar-refractivity contribution in [1.82, 2.24) is 4.98 Å². The van der Waals surface area contributed by atoms with Crippen LogP contribution in [0.25, 0.3) is 0 Å². The van der Waals surface area contributed by atoms with Crippen molar-refractivity contribution >= 4 is 17.6 Å². The van der Waals surface area contributed by atoms with Crippen LogP contribution in [-0.2, 0) is 11.2 Å². The minimum atomic E-state index is -1.06. The molecule has 0 saturated heterocycles. The summed E-state index contributed by atoms with van der Waals surface area (Å²) in [6, 6.07) is 9.28. The maximum absolute atomic E-state index is 13.7. The fraction of sp³-hybridized carbons (Fsp3) is 0.143. The van der Waals surface area contributed by atoms with E-state index in [-0.39, 0.29) is 17.0 Å². The molecule has 1 atom stereocenters. The summed E-state index contributed by atoms with van der Waals surface area (Å²) in [6.07, 6.45) is 1.48. The van der Waals surface area contributed by atoms with Crippen LogP contribution in [0.4, 0.5) is 4.39 Å².